The Morgan fingerprint density at radius 1 is 1.14 bits per heavy atom. The molecule has 0 spiro atoms. The fourth-order valence-corrected chi connectivity index (χ4v) is 6.11. The van der Waals surface area contributed by atoms with Crippen LogP contribution in [0.15, 0.2) is 35.6 Å². The molecule has 6 rings (SSSR count). The van der Waals surface area contributed by atoms with Crippen LogP contribution in [0, 0.1) is 0 Å². The van der Waals surface area contributed by atoms with Crippen molar-refractivity contribution in [2.24, 2.45) is 10.7 Å². The topological polar surface area (TPSA) is 85.7 Å². The summed E-state index contributed by atoms with van der Waals surface area (Å²) in [5.41, 5.74) is 12.1. The summed E-state index contributed by atoms with van der Waals surface area (Å²) in [7, 11) is 2.12. The maximum Gasteiger partial charge on any atom is 0.252 e. The van der Waals surface area contributed by atoms with Crippen LogP contribution in [0.1, 0.15) is 66.9 Å². The number of carbonyl (C=O) groups excluding carboxylic acids is 1. The number of nitrogens with two attached hydrogens (primary N) is 1. The zero-order valence-corrected chi connectivity index (χ0v) is 20.4. The maximum absolute atomic E-state index is 12.5. The fraction of sp³-hybridized carbons (Fsp3) is 0.464. The predicted molar refractivity (Wildman–Crippen MR) is 139 cm³/mol. The summed E-state index contributed by atoms with van der Waals surface area (Å²) in [6.07, 6.45) is 13.1. The molecule has 0 radical (unpaired) electrons. The van der Waals surface area contributed by atoms with E-state index < -0.39 is 5.91 Å². The average molecular weight is 472 g/mol. The smallest absolute Gasteiger partial charge is 0.252 e. The van der Waals surface area contributed by atoms with Crippen LogP contribution >= 0.6 is 0 Å². The number of carbonyl (C=O) groups is 1. The highest BCUT2D eigenvalue weighted by Gasteiger charge is 2.27. The minimum Gasteiger partial charge on any atom is -0.491 e. The van der Waals surface area contributed by atoms with Gasteiger partial charge in [0.15, 0.2) is 0 Å². The van der Waals surface area contributed by atoms with Gasteiger partial charge in [-0.25, -0.2) is 4.98 Å². The first kappa shape index (κ1) is 22.3. The van der Waals surface area contributed by atoms with Crippen LogP contribution in [-0.2, 0) is 6.42 Å². The Morgan fingerprint density at radius 2 is 2.00 bits per heavy atom. The second-order valence-corrected chi connectivity index (χ2v) is 10.2. The Labute approximate surface area is 206 Å². The van der Waals surface area contributed by atoms with Crippen molar-refractivity contribution in [3.05, 3.63) is 41.7 Å². The van der Waals surface area contributed by atoms with Gasteiger partial charge in [-0.1, -0.05) is 25.3 Å². The summed E-state index contributed by atoms with van der Waals surface area (Å²) in [5, 5.41) is 0. The van der Waals surface area contributed by atoms with Gasteiger partial charge in [-0.3, -0.25) is 9.79 Å². The number of aromatic nitrogens is 2. The highest BCUT2D eigenvalue weighted by atomic mass is 16.5. The third-order valence-electron chi connectivity index (χ3n) is 8.08. The van der Waals surface area contributed by atoms with E-state index in [1.807, 2.05) is 18.6 Å². The third-order valence-corrected chi connectivity index (χ3v) is 8.08. The monoisotopic (exact) mass is 471 g/mol. The van der Waals surface area contributed by atoms with Gasteiger partial charge < -0.3 is 19.9 Å². The first-order valence-electron chi connectivity index (χ1n) is 12.9. The molecule has 2 N–H and O–H groups in total. The van der Waals surface area contributed by atoms with Gasteiger partial charge in [0.05, 0.1) is 28.6 Å². The van der Waals surface area contributed by atoms with Crippen molar-refractivity contribution in [2.45, 2.75) is 63.5 Å². The van der Waals surface area contributed by atoms with Crippen molar-refractivity contribution in [1.29, 1.82) is 0 Å². The molecule has 1 saturated heterocycles. The zero-order valence-electron chi connectivity index (χ0n) is 20.4. The van der Waals surface area contributed by atoms with Crippen molar-refractivity contribution in [2.75, 3.05) is 20.2 Å². The highest BCUT2D eigenvalue weighted by Crippen LogP contribution is 2.43. The van der Waals surface area contributed by atoms with E-state index in [0.717, 1.165) is 40.9 Å². The van der Waals surface area contributed by atoms with Gasteiger partial charge in [-0.2, -0.15) is 0 Å². The molecule has 7 nitrogen and oxygen atoms in total. The number of likely N-dealkylation sites (tertiary alicyclic amines) is 1. The van der Waals surface area contributed by atoms with Gasteiger partial charge in [-0.05, 0) is 63.0 Å². The Balaban J connectivity index is 1.39. The molecular formula is C28H33N5O2. The van der Waals surface area contributed by atoms with E-state index in [0.29, 0.717) is 36.4 Å². The third kappa shape index (κ3) is 4.01. The molecule has 1 aromatic heterocycles. The lowest BCUT2D eigenvalue weighted by molar-refractivity contribution is 0.0994. The molecule has 1 saturated carbocycles. The second-order valence-electron chi connectivity index (χ2n) is 10.2. The number of nitrogens with zero attached hydrogens (tertiary/aromatic N) is 4. The second kappa shape index (κ2) is 9.11. The van der Waals surface area contributed by atoms with Crippen LogP contribution in [0.5, 0.6) is 5.75 Å². The van der Waals surface area contributed by atoms with Crippen molar-refractivity contribution < 1.29 is 9.53 Å². The van der Waals surface area contributed by atoms with Gasteiger partial charge >= 0.3 is 0 Å². The number of aliphatic imine (C=N–C) groups is 1. The number of imidazole rings is 1. The molecule has 1 atom stereocenters. The average Bonchev–Trinajstić information content (AvgIpc) is 3.61. The van der Waals surface area contributed by atoms with Gasteiger partial charge in [0.2, 0.25) is 0 Å². The molecule has 2 fully saturated rings. The molecule has 0 unspecified atom stereocenters. The van der Waals surface area contributed by atoms with Crippen LogP contribution < -0.4 is 10.5 Å². The van der Waals surface area contributed by atoms with E-state index >= 15 is 0 Å². The summed E-state index contributed by atoms with van der Waals surface area (Å²) in [5.74, 6) is 0.0969. The summed E-state index contributed by atoms with van der Waals surface area (Å²) < 4.78 is 8.64. The summed E-state index contributed by atoms with van der Waals surface area (Å²) in [6.45, 7) is 1.62. The number of ether oxygens (including phenoxy) is 1. The molecule has 3 heterocycles. The minimum atomic E-state index is -0.463. The number of amides is 1. The molecule has 1 amide bonds. The van der Waals surface area contributed by atoms with Crippen molar-refractivity contribution >= 4 is 28.8 Å². The van der Waals surface area contributed by atoms with Crippen LogP contribution in [-0.4, -0.2) is 52.8 Å². The molecule has 1 aliphatic carbocycles. The molecule has 182 valence electrons. The first-order valence-corrected chi connectivity index (χ1v) is 12.9. The Morgan fingerprint density at radius 3 is 2.77 bits per heavy atom. The minimum absolute atomic E-state index is 0.351. The largest absolute Gasteiger partial charge is 0.491 e. The lowest BCUT2D eigenvalue weighted by Crippen LogP contribution is -2.31. The van der Waals surface area contributed by atoms with E-state index in [1.54, 1.807) is 0 Å². The van der Waals surface area contributed by atoms with Crippen LogP contribution in [0.2, 0.25) is 0 Å². The number of likely N-dealkylation sites (N-methyl/N-ethyl adjacent to an activating group) is 1. The van der Waals surface area contributed by atoms with Crippen LogP contribution in [0.25, 0.3) is 22.2 Å². The Kier molecular flexibility index (Phi) is 5.80. The predicted octanol–water partition coefficient (Wildman–Crippen LogP) is 5.04. The van der Waals surface area contributed by atoms with Gasteiger partial charge in [-0.15, -0.1) is 0 Å². The fourth-order valence-electron chi connectivity index (χ4n) is 6.11. The Hall–Kier alpha value is -3.19. The van der Waals surface area contributed by atoms with E-state index in [4.69, 9.17) is 15.5 Å². The number of primary amides is 1. The number of hydrogen-bond acceptors (Lipinski definition) is 5. The maximum atomic E-state index is 12.5. The lowest BCUT2D eigenvalue weighted by atomic mass is 9.94. The Bertz CT molecular complexity index is 1300. The number of rotatable bonds is 6. The molecule has 3 aliphatic rings. The molecule has 2 aromatic carbocycles. The lowest BCUT2D eigenvalue weighted by Gasteiger charge is -2.23. The molecule has 2 aliphatic heterocycles. The van der Waals surface area contributed by atoms with E-state index in [9.17, 15) is 4.79 Å². The van der Waals surface area contributed by atoms with E-state index in [-0.39, 0.29) is 0 Å². The standard InChI is InChI=1S/C28H33N5O2/c1-32-13-5-8-20(32)16-35-25-15-22(27-21(11-12-30-27)26(25)28(29)34)18-9-10-24-23(14-18)31-17-33(24)19-6-3-2-4-7-19/h9-10,12,14-15,17,19-20H,2-8,11,13,16H2,1H3,(H2,29,34)/t20-/m1/s1. The van der Waals surface area contributed by atoms with Crippen LogP contribution in [0.3, 0.4) is 0 Å². The first-order chi connectivity index (χ1) is 17.1. The number of benzene rings is 2. The van der Waals surface area contributed by atoms with Crippen molar-refractivity contribution in [1.82, 2.24) is 14.5 Å². The molecule has 35 heavy (non-hydrogen) atoms. The van der Waals surface area contributed by atoms with Crippen molar-refractivity contribution in [3.63, 3.8) is 0 Å². The summed E-state index contributed by atoms with van der Waals surface area (Å²) in [4.78, 5) is 24.2. The quantitative estimate of drug-likeness (QED) is 0.546. The summed E-state index contributed by atoms with van der Waals surface area (Å²) in [6, 6.07) is 9.30. The normalized spacial score (nSPS) is 20.5. The van der Waals surface area contributed by atoms with Gasteiger partial charge in [0, 0.05) is 35.8 Å². The number of hydrogen-bond donors (Lipinski definition) is 1. The molecule has 0 bridgehead atoms. The van der Waals surface area contributed by atoms with Crippen molar-refractivity contribution in [3.8, 4) is 16.9 Å². The van der Waals surface area contributed by atoms with Gasteiger partial charge in [0.1, 0.15) is 12.4 Å². The van der Waals surface area contributed by atoms with Crippen LogP contribution in [0.4, 0.5) is 5.69 Å². The molecule has 7 heteroatoms. The zero-order chi connectivity index (χ0) is 23.9. The van der Waals surface area contributed by atoms with E-state index in [2.05, 4.69) is 39.7 Å². The molecular weight excluding hydrogens is 438 g/mol. The van der Waals surface area contributed by atoms with Gasteiger partial charge in [0.25, 0.3) is 5.91 Å². The van der Waals surface area contributed by atoms with E-state index in [1.165, 1.54) is 44.0 Å². The SMILES string of the molecule is CN1CCC[C@@H]1COc1cc(-c2ccc3c(c2)ncn3C2CCCCC2)c2c(c1C(N)=O)CC=N2. The molecule has 3 aromatic rings. The highest BCUT2D eigenvalue weighted by molar-refractivity contribution is 6.04. The number of fused-ring (bicyclic) bond motifs is 2. The summed E-state index contributed by atoms with van der Waals surface area (Å²) >= 11 is 0.